The normalized spacial score (nSPS) is 16.9. The molecule has 0 bridgehead atoms. The van der Waals surface area contributed by atoms with Crippen molar-refractivity contribution in [2.24, 2.45) is 0 Å². The number of hydrogen-bond acceptors (Lipinski definition) is 2. The molecular weight excluding hydrogens is 246 g/mol. The highest BCUT2D eigenvalue weighted by Crippen LogP contribution is 2.27. The Balaban J connectivity index is 2.00. The Hall–Kier alpha value is -1.00. The lowest BCUT2D eigenvalue weighted by atomic mass is 10.0. The number of benzene rings is 1. The minimum atomic E-state index is -0.506. The Morgan fingerprint density at radius 2 is 1.89 bits per heavy atom. The fraction of sp³-hybridized carbons (Fsp3) is 0.600. The van der Waals surface area contributed by atoms with Crippen LogP contribution in [0, 0.1) is 11.6 Å². The van der Waals surface area contributed by atoms with Gasteiger partial charge < -0.3 is 10.2 Å². The third kappa shape index (κ3) is 4.25. The van der Waals surface area contributed by atoms with E-state index in [9.17, 15) is 8.78 Å². The van der Waals surface area contributed by atoms with Crippen molar-refractivity contribution in [3.05, 3.63) is 35.4 Å². The zero-order valence-electron chi connectivity index (χ0n) is 11.6. The summed E-state index contributed by atoms with van der Waals surface area (Å²) in [5.74, 6) is -1.01. The molecule has 1 N–H and O–H groups in total. The van der Waals surface area contributed by atoms with E-state index in [1.165, 1.54) is 25.0 Å². The van der Waals surface area contributed by atoms with Gasteiger partial charge in [-0.3, -0.25) is 0 Å². The van der Waals surface area contributed by atoms with Gasteiger partial charge in [0.2, 0.25) is 0 Å². The summed E-state index contributed by atoms with van der Waals surface area (Å²) >= 11 is 0. The topological polar surface area (TPSA) is 15.3 Å². The van der Waals surface area contributed by atoms with Gasteiger partial charge in [-0.25, -0.2) is 8.78 Å². The summed E-state index contributed by atoms with van der Waals surface area (Å²) in [7, 11) is 2.12. The molecule has 4 heteroatoms. The summed E-state index contributed by atoms with van der Waals surface area (Å²) in [6, 6.07) is 4.49. The summed E-state index contributed by atoms with van der Waals surface area (Å²) in [5.41, 5.74) is 0.698. The molecule has 1 aliphatic carbocycles. The van der Waals surface area contributed by atoms with Crippen LogP contribution in [0.2, 0.25) is 0 Å². The molecule has 106 valence electrons. The second kappa shape index (κ2) is 6.44. The second-order valence-electron chi connectivity index (χ2n) is 5.31. The van der Waals surface area contributed by atoms with Gasteiger partial charge in [0.1, 0.15) is 11.6 Å². The first kappa shape index (κ1) is 14.4. The number of hydrogen-bond donors (Lipinski definition) is 1. The summed E-state index contributed by atoms with van der Waals surface area (Å²) in [5, 5.41) is 3.31. The molecule has 0 saturated heterocycles. The summed E-state index contributed by atoms with van der Waals surface area (Å²) < 4.78 is 26.6. The molecule has 1 saturated carbocycles. The van der Waals surface area contributed by atoms with E-state index >= 15 is 0 Å². The minimum Gasteiger partial charge on any atom is -0.310 e. The third-order valence-electron chi connectivity index (χ3n) is 3.68. The van der Waals surface area contributed by atoms with E-state index in [0.29, 0.717) is 11.6 Å². The van der Waals surface area contributed by atoms with E-state index in [1.807, 2.05) is 6.92 Å². The van der Waals surface area contributed by atoms with Crippen molar-refractivity contribution in [1.82, 2.24) is 10.2 Å². The maximum Gasteiger partial charge on any atom is 0.126 e. The van der Waals surface area contributed by atoms with E-state index in [0.717, 1.165) is 25.6 Å². The van der Waals surface area contributed by atoms with Crippen molar-refractivity contribution in [2.75, 3.05) is 20.1 Å². The molecule has 0 radical (unpaired) electrons. The van der Waals surface area contributed by atoms with Gasteiger partial charge in [0, 0.05) is 18.2 Å². The van der Waals surface area contributed by atoms with Gasteiger partial charge in [0.15, 0.2) is 0 Å². The van der Waals surface area contributed by atoms with Gasteiger partial charge in [0.25, 0.3) is 0 Å². The molecule has 0 aromatic heterocycles. The van der Waals surface area contributed by atoms with Gasteiger partial charge in [-0.1, -0.05) is 6.92 Å². The van der Waals surface area contributed by atoms with Crippen LogP contribution < -0.4 is 5.32 Å². The van der Waals surface area contributed by atoms with E-state index < -0.39 is 11.6 Å². The quantitative estimate of drug-likeness (QED) is 0.817. The van der Waals surface area contributed by atoms with E-state index in [2.05, 4.69) is 17.3 Å². The van der Waals surface area contributed by atoms with Crippen molar-refractivity contribution in [3.8, 4) is 0 Å². The molecule has 19 heavy (non-hydrogen) atoms. The van der Waals surface area contributed by atoms with E-state index in [4.69, 9.17) is 0 Å². The van der Waals surface area contributed by atoms with Crippen LogP contribution in [0.5, 0.6) is 0 Å². The highest BCUT2D eigenvalue weighted by atomic mass is 19.1. The van der Waals surface area contributed by atoms with Crippen LogP contribution in [0.15, 0.2) is 18.2 Å². The molecule has 0 heterocycles. The molecule has 2 nitrogen and oxygen atoms in total. The lowest BCUT2D eigenvalue weighted by molar-refractivity contribution is 0.299. The van der Waals surface area contributed by atoms with Crippen LogP contribution in [0.3, 0.4) is 0 Å². The van der Waals surface area contributed by atoms with Crippen LogP contribution in [-0.2, 0) is 0 Å². The van der Waals surface area contributed by atoms with Crippen molar-refractivity contribution < 1.29 is 8.78 Å². The van der Waals surface area contributed by atoms with Crippen LogP contribution in [0.25, 0.3) is 0 Å². The molecule has 1 atom stereocenters. The van der Waals surface area contributed by atoms with Crippen LogP contribution >= 0.6 is 0 Å². The smallest absolute Gasteiger partial charge is 0.126 e. The Morgan fingerprint density at radius 3 is 2.42 bits per heavy atom. The lowest BCUT2D eigenvalue weighted by Gasteiger charge is -2.22. The predicted molar refractivity (Wildman–Crippen MR) is 73.0 cm³/mol. The lowest BCUT2D eigenvalue weighted by Crippen LogP contribution is -2.28. The molecule has 0 spiro atoms. The first-order chi connectivity index (χ1) is 9.10. The summed E-state index contributed by atoms with van der Waals surface area (Å²) in [6.07, 6.45) is 3.41. The van der Waals surface area contributed by atoms with Gasteiger partial charge in [-0.15, -0.1) is 0 Å². The zero-order valence-corrected chi connectivity index (χ0v) is 11.6. The van der Waals surface area contributed by atoms with Gasteiger partial charge in [-0.05, 0) is 57.1 Å². The molecule has 1 unspecified atom stereocenters. The highest BCUT2D eigenvalue weighted by molar-refractivity contribution is 5.21. The SMILES string of the molecule is CCNC(CCN(C)C1CC1)c1cc(F)cc(F)c1. The van der Waals surface area contributed by atoms with Crippen molar-refractivity contribution >= 4 is 0 Å². The Labute approximate surface area is 113 Å². The molecule has 0 amide bonds. The number of nitrogens with zero attached hydrogens (tertiary/aromatic N) is 1. The molecule has 1 fully saturated rings. The largest absolute Gasteiger partial charge is 0.310 e. The fourth-order valence-electron chi connectivity index (χ4n) is 2.44. The Kier molecular flexibility index (Phi) is 4.88. The maximum atomic E-state index is 13.3. The summed E-state index contributed by atoms with van der Waals surface area (Å²) in [4.78, 5) is 2.33. The van der Waals surface area contributed by atoms with Gasteiger partial charge >= 0.3 is 0 Å². The fourth-order valence-corrected chi connectivity index (χ4v) is 2.44. The number of rotatable bonds is 7. The molecule has 1 aromatic rings. The third-order valence-corrected chi connectivity index (χ3v) is 3.68. The predicted octanol–water partition coefficient (Wildman–Crippen LogP) is 3.10. The van der Waals surface area contributed by atoms with Crippen LogP contribution in [-0.4, -0.2) is 31.1 Å². The molecule has 0 aliphatic heterocycles. The zero-order chi connectivity index (χ0) is 13.8. The maximum absolute atomic E-state index is 13.3. The summed E-state index contributed by atoms with van der Waals surface area (Å²) in [6.45, 7) is 3.74. The van der Waals surface area contributed by atoms with Crippen molar-refractivity contribution in [2.45, 2.75) is 38.3 Å². The molecular formula is C15H22F2N2. The minimum absolute atomic E-state index is 0.0106. The standard InChI is InChI=1S/C15H22F2N2/c1-3-18-15(6-7-19(2)14-4-5-14)11-8-12(16)10-13(17)9-11/h8-10,14-15,18H,3-7H2,1-2H3. The van der Waals surface area contributed by atoms with Crippen LogP contribution in [0.4, 0.5) is 8.78 Å². The first-order valence-electron chi connectivity index (χ1n) is 6.99. The molecule has 2 rings (SSSR count). The van der Waals surface area contributed by atoms with Crippen molar-refractivity contribution in [3.63, 3.8) is 0 Å². The Bertz CT molecular complexity index is 398. The molecule has 1 aromatic carbocycles. The van der Waals surface area contributed by atoms with Gasteiger partial charge in [0.05, 0.1) is 0 Å². The Morgan fingerprint density at radius 1 is 1.26 bits per heavy atom. The average Bonchev–Trinajstić information content (AvgIpc) is 3.16. The first-order valence-corrected chi connectivity index (χ1v) is 6.99. The van der Waals surface area contributed by atoms with Crippen LogP contribution in [0.1, 0.15) is 37.8 Å². The van der Waals surface area contributed by atoms with E-state index in [1.54, 1.807) is 0 Å². The van der Waals surface area contributed by atoms with E-state index in [-0.39, 0.29) is 6.04 Å². The number of halogens is 2. The number of nitrogens with one attached hydrogen (secondary N) is 1. The second-order valence-corrected chi connectivity index (χ2v) is 5.31. The van der Waals surface area contributed by atoms with Crippen molar-refractivity contribution in [1.29, 1.82) is 0 Å². The average molecular weight is 268 g/mol. The highest BCUT2D eigenvalue weighted by Gasteiger charge is 2.26. The molecule has 1 aliphatic rings. The van der Waals surface area contributed by atoms with Gasteiger partial charge in [-0.2, -0.15) is 0 Å². The monoisotopic (exact) mass is 268 g/mol.